The lowest BCUT2D eigenvalue weighted by Gasteiger charge is -2.19. The highest BCUT2D eigenvalue weighted by atomic mass is 32.1. The summed E-state index contributed by atoms with van der Waals surface area (Å²) >= 11 is 1.35. The average molecular weight is 567 g/mol. The van der Waals surface area contributed by atoms with E-state index < -0.39 is 0 Å². The van der Waals surface area contributed by atoms with E-state index in [1.165, 1.54) is 11.3 Å². The van der Waals surface area contributed by atoms with Gasteiger partial charge >= 0.3 is 0 Å². The molecule has 0 radical (unpaired) electrons. The van der Waals surface area contributed by atoms with E-state index in [0.717, 1.165) is 39.7 Å². The molecule has 6 aromatic rings. The normalized spacial score (nSPS) is 12.7. The van der Waals surface area contributed by atoms with Crippen molar-refractivity contribution in [1.82, 2.24) is 14.6 Å². The van der Waals surface area contributed by atoms with E-state index in [1.807, 2.05) is 66.4 Å². The van der Waals surface area contributed by atoms with Crippen molar-refractivity contribution in [3.05, 3.63) is 89.1 Å². The number of aromatic nitrogens is 3. The van der Waals surface area contributed by atoms with Crippen molar-refractivity contribution in [2.75, 3.05) is 25.7 Å². The van der Waals surface area contributed by atoms with Gasteiger partial charge in [-0.3, -0.25) is 4.79 Å². The number of rotatable bonds is 7. The third kappa shape index (κ3) is 4.36. The molecule has 1 aliphatic heterocycles. The fraction of sp³-hybridized carbons (Fsp3) is 0.194. The largest absolute Gasteiger partial charge is 0.496 e. The van der Waals surface area contributed by atoms with E-state index >= 15 is 0 Å². The monoisotopic (exact) mass is 566 g/mol. The number of carbonyl (C=O) groups excluding carboxylic acids is 1. The molecule has 0 unspecified atom stereocenters. The number of nitrogens with zero attached hydrogens (tertiary/aromatic N) is 4. The maximum Gasteiger partial charge on any atom is 0.294 e. The quantitative estimate of drug-likeness (QED) is 0.224. The second-order valence-electron chi connectivity index (χ2n) is 9.80. The van der Waals surface area contributed by atoms with E-state index in [-0.39, 0.29) is 5.91 Å². The van der Waals surface area contributed by atoms with E-state index in [4.69, 9.17) is 18.6 Å². The maximum absolute atomic E-state index is 13.4. The van der Waals surface area contributed by atoms with Crippen molar-refractivity contribution < 1.29 is 23.4 Å². The first kappa shape index (κ1) is 25.2. The maximum atomic E-state index is 13.4. The van der Waals surface area contributed by atoms with E-state index in [0.29, 0.717) is 51.8 Å². The summed E-state index contributed by atoms with van der Waals surface area (Å²) < 4.78 is 25.0. The first-order chi connectivity index (χ1) is 20.0. The van der Waals surface area contributed by atoms with Gasteiger partial charge in [-0.2, -0.15) is 0 Å². The summed E-state index contributed by atoms with van der Waals surface area (Å²) in [6, 6.07) is 19.4. The Morgan fingerprint density at radius 3 is 2.76 bits per heavy atom. The summed E-state index contributed by atoms with van der Waals surface area (Å²) in [7, 11) is 3.19. The number of hydrogen-bond acceptors (Lipinski definition) is 8. The highest BCUT2D eigenvalue weighted by Gasteiger charge is 2.28. The molecule has 206 valence electrons. The van der Waals surface area contributed by atoms with Crippen LogP contribution in [0, 0.1) is 6.92 Å². The molecule has 0 spiro atoms. The summed E-state index contributed by atoms with van der Waals surface area (Å²) in [6.07, 6.45) is 2.58. The van der Waals surface area contributed by atoms with Gasteiger partial charge in [0.1, 0.15) is 29.4 Å². The van der Waals surface area contributed by atoms with Crippen LogP contribution in [0.5, 0.6) is 16.7 Å². The van der Waals surface area contributed by atoms with Crippen LogP contribution in [-0.2, 0) is 13.0 Å². The molecule has 7 rings (SSSR count). The fourth-order valence-electron chi connectivity index (χ4n) is 5.30. The lowest BCUT2D eigenvalue weighted by atomic mass is 10.1. The van der Waals surface area contributed by atoms with Gasteiger partial charge in [0.2, 0.25) is 4.96 Å². The molecule has 0 saturated carbocycles. The van der Waals surface area contributed by atoms with Gasteiger partial charge < -0.3 is 23.5 Å². The summed E-state index contributed by atoms with van der Waals surface area (Å²) in [4.78, 5) is 20.6. The summed E-state index contributed by atoms with van der Waals surface area (Å²) in [5.74, 6) is 1.88. The predicted octanol–water partition coefficient (Wildman–Crippen LogP) is 6.31. The van der Waals surface area contributed by atoms with E-state index in [1.54, 1.807) is 24.9 Å². The van der Waals surface area contributed by atoms with Gasteiger partial charge in [0.05, 0.1) is 25.8 Å². The summed E-state index contributed by atoms with van der Waals surface area (Å²) in [5, 5.41) is 5.70. The van der Waals surface area contributed by atoms with Crippen LogP contribution < -0.4 is 19.1 Å². The van der Waals surface area contributed by atoms with Gasteiger partial charge in [-0.05, 0) is 59.6 Å². The number of carbonyl (C=O) groups is 1. The van der Waals surface area contributed by atoms with Crippen molar-refractivity contribution in [2.45, 2.75) is 20.0 Å². The topological polar surface area (TPSA) is 91.3 Å². The second kappa shape index (κ2) is 9.97. The number of benzene rings is 3. The molecule has 3 aromatic carbocycles. The van der Waals surface area contributed by atoms with Crippen molar-refractivity contribution in [3.63, 3.8) is 0 Å². The van der Waals surface area contributed by atoms with Crippen LogP contribution in [0.15, 0.2) is 71.3 Å². The minimum Gasteiger partial charge on any atom is -0.496 e. The Morgan fingerprint density at radius 2 is 1.95 bits per heavy atom. The van der Waals surface area contributed by atoms with Gasteiger partial charge in [-0.25, -0.2) is 9.50 Å². The fourth-order valence-corrected chi connectivity index (χ4v) is 6.00. The zero-order chi connectivity index (χ0) is 28.1. The van der Waals surface area contributed by atoms with Crippen molar-refractivity contribution in [2.24, 2.45) is 0 Å². The van der Waals surface area contributed by atoms with Crippen molar-refractivity contribution in [1.29, 1.82) is 0 Å². The molecule has 9 nitrogen and oxygen atoms in total. The van der Waals surface area contributed by atoms with Crippen LogP contribution in [-0.4, -0.2) is 41.3 Å². The van der Waals surface area contributed by atoms with Crippen LogP contribution in [0.2, 0.25) is 0 Å². The van der Waals surface area contributed by atoms with Crippen LogP contribution in [0.25, 0.3) is 27.4 Å². The summed E-state index contributed by atoms with van der Waals surface area (Å²) in [5.41, 5.74) is 6.09. The van der Waals surface area contributed by atoms with Crippen molar-refractivity contribution in [3.8, 4) is 28.1 Å². The minimum absolute atomic E-state index is 0.0214. The lowest BCUT2D eigenvalue weighted by Crippen LogP contribution is -2.29. The van der Waals surface area contributed by atoms with Crippen LogP contribution in [0.3, 0.4) is 0 Å². The number of aryl methyl sites for hydroxylation is 1. The smallest absolute Gasteiger partial charge is 0.294 e. The number of anilines is 1. The van der Waals surface area contributed by atoms with Gasteiger partial charge in [0, 0.05) is 29.9 Å². The number of ether oxygens (including phenoxy) is 3. The SMILES string of the molecule is COc1cc(OCc2cccc3c2CCN3C(=O)c2ccccc2C)c2cc(-c3cn4nc(OC)sc4n3)oc2c1. The Hall–Kier alpha value is -4.83. The number of fused-ring (bicyclic) bond motifs is 3. The molecule has 0 N–H and O–H groups in total. The number of imidazole rings is 1. The number of amides is 1. The molecule has 41 heavy (non-hydrogen) atoms. The van der Waals surface area contributed by atoms with Crippen LogP contribution in [0.4, 0.5) is 5.69 Å². The molecule has 10 heteroatoms. The third-order valence-electron chi connectivity index (χ3n) is 7.39. The molecular formula is C31H26N4O5S. The molecule has 3 aromatic heterocycles. The Labute approximate surface area is 239 Å². The second-order valence-corrected chi connectivity index (χ2v) is 10.7. The lowest BCUT2D eigenvalue weighted by molar-refractivity contribution is 0.0989. The predicted molar refractivity (Wildman–Crippen MR) is 157 cm³/mol. The highest BCUT2D eigenvalue weighted by Crippen LogP contribution is 2.39. The van der Waals surface area contributed by atoms with Gasteiger partial charge in [-0.1, -0.05) is 30.3 Å². The number of hydrogen-bond donors (Lipinski definition) is 0. The molecule has 0 bridgehead atoms. The van der Waals surface area contributed by atoms with Gasteiger partial charge in [-0.15, -0.1) is 5.10 Å². The Bertz CT molecular complexity index is 1910. The first-order valence-corrected chi connectivity index (χ1v) is 14.0. The molecule has 1 amide bonds. The molecule has 0 fully saturated rings. The Balaban J connectivity index is 1.18. The molecule has 0 saturated heterocycles. The number of methoxy groups -OCH3 is 2. The Kier molecular flexibility index (Phi) is 6.12. The zero-order valence-corrected chi connectivity index (χ0v) is 23.5. The molecule has 1 aliphatic rings. The van der Waals surface area contributed by atoms with E-state index in [9.17, 15) is 4.79 Å². The van der Waals surface area contributed by atoms with Crippen LogP contribution in [0.1, 0.15) is 27.0 Å². The summed E-state index contributed by atoms with van der Waals surface area (Å²) in [6.45, 7) is 2.94. The molecule has 0 aliphatic carbocycles. The molecule has 4 heterocycles. The van der Waals surface area contributed by atoms with E-state index in [2.05, 4.69) is 16.1 Å². The minimum atomic E-state index is 0.0214. The average Bonchev–Trinajstić information content (AvgIpc) is 3.77. The molecular weight excluding hydrogens is 540 g/mol. The first-order valence-electron chi connectivity index (χ1n) is 13.2. The van der Waals surface area contributed by atoms with Gasteiger partial charge in [0.25, 0.3) is 11.1 Å². The van der Waals surface area contributed by atoms with Gasteiger partial charge in [0.15, 0.2) is 5.76 Å². The highest BCUT2D eigenvalue weighted by molar-refractivity contribution is 7.18. The standard InChI is InChI=1S/C31H26N4O5S/c1-18-7-4-5-9-21(18)29(36)34-12-11-22-19(8-6-10-25(22)34)17-39-26-13-20(37-2)14-27-23(26)15-28(40-27)24-16-35-30(32-24)41-31(33-35)38-3/h4-10,13-16H,11-12,17H2,1-3H3. The zero-order valence-electron chi connectivity index (χ0n) is 22.7. The third-order valence-corrected chi connectivity index (χ3v) is 8.27. The van der Waals surface area contributed by atoms with Crippen LogP contribution >= 0.6 is 11.3 Å². The molecule has 0 atom stereocenters. The number of furan rings is 1. The van der Waals surface area contributed by atoms with Crippen molar-refractivity contribution >= 4 is 38.9 Å². The Morgan fingerprint density at radius 1 is 1.07 bits per heavy atom.